The number of para-hydroxylation sites is 1. The van der Waals surface area contributed by atoms with Crippen LogP contribution in [0.2, 0.25) is 0 Å². The van der Waals surface area contributed by atoms with Gasteiger partial charge in [0.15, 0.2) is 5.82 Å². The van der Waals surface area contributed by atoms with Gasteiger partial charge in [-0.3, -0.25) is 5.10 Å². The third-order valence-corrected chi connectivity index (χ3v) is 4.04. The van der Waals surface area contributed by atoms with Crippen LogP contribution in [-0.4, -0.2) is 28.1 Å². The number of nitrogens with one attached hydrogen (secondary N) is 1. The van der Waals surface area contributed by atoms with E-state index in [0.717, 1.165) is 29.2 Å². The maximum atomic E-state index is 5.19. The van der Waals surface area contributed by atoms with Crippen molar-refractivity contribution in [2.75, 3.05) is 11.9 Å². The summed E-state index contributed by atoms with van der Waals surface area (Å²) >= 11 is 5.19. The molecular formula is C18H19N5S. The van der Waals surface area contributed by atoms with Crippen molar-refractivity contribution in [1.82, 2.24) is 14.9 Å². The molecule has 0 amide bonds. The van der Waals surface area contributed by atoms with Crippen LogP contribution in [0.1, 0.15) is 18.3 Å². The summed E-state index contributed by atoms with van der Waals surface area (Å²) in [6.07, 6.45) is 2.56. The van der Waals surface area contributed by atoms with Gasteiger partial charge in [-0.25, -0.2) is 0 Å². The van der Waals surface area contributed by atoms with Crippen LogP contribution in [0.4, 0.5) is 11.4 Å². The fourth-order valence-electron chi connectivity index (χ4n) is 2.38. The SMILES string of the molecule is CCc1n[nH]c(=S)n1/N=C\c1ccc(N(C)c2ccccc2)cc1. The first-order chi connectivity index (χ1) is 11.7. The Kier molecular flexibility index (Phi) is 4.86. The van der Waals surface area contributed by atoms with E-state index in [-0.39, 0.29) is 0 Å². The molecule has 0 atom stereocenters. The minimum atomic E-state index is 0.503. The Labute approximate surface area is 146 Å². The van der Waals surface area contributed by atoms with E-state index in [1.165, 1.54) is 0 Å². The Morgan fingerprint density at radius 1 is 1.12 bits per heavy atom. The number of nitrogens with zero attached hydrogens (tertiary/aromatic N) is 4. The van der Waals surface area contributed by atoms with Crippen molar-refractivity contribution in [2.45, 2.75) is 13.3 Å². The molecule has 3 rings (SSSR count). The molecule has 24 heavy (non-hydrogen) atoms. The predicted octanol–water partition coefficient (Wildman–Crippen LogP) is 4.15. The Hall–Kier alpha value is -2.73. The van der Waals surface area contributed by atoms with Gasteiger partial charge in [0.1, 0.15) is 0 Å². The Morgan fingerprint density at radius 3 is 2.46 bits per heavy atom. The number of H-pyrrole nitrogens is 1. The zero-order chi connectivity index (χ0) is 16.9. The fraction of sp³-hybridized carbons (Fsp3) is 0.167. The van der Waals surface area contributed by atoms with E-state index in [1.54, 1.807) is 10.9 Å². The van der Waals surface area contributed by atoms with Crippen molar-refractivity contribution in [3.05, 3.63) is 70.8 Å². The standard InChI is InChI=1S/C18H19N5S/c1-3-17-20-21-18(24)23(17)19-13-14-9-11-16(12-10-14)22(2)15-7-5-4-6-8-15/h4-13H,3H2,1-2H3,(H,21,24)/b19-13-. The molecule has 1 N–H and O–H groups in total. The van der Waals surface area contributed by atoms with E-state index in [4.69, 9.17) is 12.2 Å². The molecule has 0 aliphatic carbocycles. The monoisotopic (exact) mass is 337 g/mol. The van der Waals surface area contributed by atoms with Gasteiger partial charge in [0.05, 0.1) is 6.21 Å². The zero-order valence-corrected chi connectivity index (χ0v) is 14.5. The van der Waals surface area contributed by atoms with Gasteiger partial charge in [0.2, 0.25) is 4.77 Å². The van der Waals surface area contributed by atoms with Crippen LogP contribution in [0.5, 0.6) is 0 Å². The second-order valence-electron chi connectivity index (χ2n) is 5.34. The number of hydrogen-bond acceptors (Lipinski definition) is 4. The van der Waals surface area contributed by atoms with Gasteiger partial charge in [-0.1, -0.05) is 37.3 Å². The molecule has 122 valence electrons. The second-order valence-corrected chi connectivity index (χ2v) is 5.73. The second kappa shape index (κ2) is 7.23. The van der Waals surface area contributed by atoms with Crippen LogP contribution in [-0.2, 0) is 6.42 Å². The van der Waals surface area contributed by atoms with Gasteiger partial charge >= 0.3 is 0 Å². The third kappa shape index (κ3) is 3.44. The van der Waals surface area contributed by atoms with Crippen LogP contribution in [0.3, 0.4) is 0 Å². The minimum absolute atomic E-state index is 0.503. The third-order valence-electron chi connectivity index (χ3n) is 3.78. The lowest BCUT2D eigenvalue weighted by atomic mass is 10.2. The maximum Gasteiger partial charge on any atom is 0.216 e. The largest absolute Gasteiger partial charge is 0.345 e. The summed E-state index contributed by atoms with van der Waals surface area (Å²) in [6.45, 7) is 2.02. The first-order valence-electron chi connectivity index (χ1n) is 7.78. The van der Waals surface area contributed by atoms with Crippen LogP contribution >= 0.6 is 12.2 Å². The van der Waals surface area contributed by atoms with E-state index in [9.17, 15) is 0 Å². The number of anilines is 2. The molecule has 0 unspecified atom stereocenters. The smallest absolute Gasteiger partial charge is 0.216 e. The molecule has 5 nitrogen and oxygen atoms in total. The minimum Gasteiger partial charge on any atom is -0.345 e. The molecule has 0 fully saturated rings. The molecule has 0 saturated carbocycles. The summed E-state index contributed by atoms with van der Waals surface area (Å²) in [6, 6.07) is 18.5. The summed E-state index contributed by atoms with van der Waals surface area (Å²) in [7, 11) is 2.05. The molecular weight excluding hydrogens is 318 g/mol. The summed E-state index contributed by atoms with van der Waals surface area (Å²) in [5, 5.41) is 11.3. The lowest BCUT2D eigenvalue weighted by Gasteiger charge is -2.19. The number of aryl methyl sites for hydroxylation is 1. The normalized spacial score (nSPS) is 11.1. The Balaban J connectivity index is 1.79. The Morgan fingerprint density at radius 2 is 1.79 bits per heavy atom. The number of aromatic amines is 1. The topological polar surface area (TPSA) is 49.2 Å². The summed E-state index contributed by atoms with van der Waals surface area (Å²) in [5.74, 6) is 0.816. The van der Waals surface area contributed by atoms with Crippen molar-refractivity contribution < 1.29 is 0 Å². The van der Waals surface area contributed by atoms with Gasteiger partial charge in [-0.05, 0) is 42.0 Å². The van der Waals surface area contributed by atoms with Gasteiger partial charge < -0.3 is 4.90 Å². The summed E-state index contributed by atoms with van der Waals surface area (Å²) in [4.78, 5) is 2.14. The van der Waals surface area contributed by atoms with E-state index in [2.05, 4.69) is 51.5 Å². The molecule has 0 saturated heterocycles. The van der Waals surface area contributed by atoms with Crippen LogP contribution in [0.15, 0.2) is 59.7 Å². The van der Waals surface area contributed by atoms with Gasteiger partial charge in [0, 0.05) is 24.8 Å². The van der Waals surface area contributed by atoms with Crippen molar-refractivity contribution >= 4 is 29.8 Å². The molecule has 3 aromatic rings. The van der Waals surface area contributed by atoms with E-state index in [0.29, 0.717) is 4.77 Å². The first-order valence-corrected chi connectivity index (χ1v) is 8.19. The van der Waals surface area contributed by atoms with Crippen LogP contribution < -0.4 is 4.90 Å². The van der Waals surface area contributed by atoms with Crippen LogP contribution in [0.25, 0.3) is 0 Å². The highest BCUT2D eigenvalue weighted by atomic mass is 32.1. The number of hydrogen-bond donors (Lipinski definition) is 1. The quantitative estimate of drug-likeness (QED) is 0.562. The highest BCUT2D eigenvalue weighted by Crippen LogP contribution is 2.22. The number of benzene rings is 2. The zero-order valence-electron chi connectivity index (χ0n) is 13.7. The van der Waals surface area contributed by atoms with Crippen molar-refractivity contribution in [1.29, 1.82) is 0 Å². The molecule has 0 bridgehead atoms. The van der Waals surface area contributed by atoms with E-state index < -0.39 is 0 Å². The van der Waals surface area contributed by atoms with Crippen molar-refractivity contribution in [3.63, 3.8) is 0 Å². The van der Waals surface area contributed by atoms with Gasteiger partial charge in [0.25, 0.3) is 0 Å². The summed E-state index contributed by atoms with van der Waals surface area (Å²) < 4.78 is 2.16. The molecule has 1 aromatic heterocycles. The van der Waals surface area contributed by atoms with E-state index >= 15 is 0 Å². The lowest BCUT2D eigenvalue weighted by Crippen LogP contribution is -2.08. The summed E-state index contributed by atoms with van der Waals surface area (Å²) in [5.41, 5.74) is 3.27. The highest BCUT2D eigenvalue weighted by Gasteiger charge is 2.03. The van der Waals surface area contributed by atoms with Crippen molar-refractivity contribution in [2.24, 2.45) is 5.10 Å². The number of rotatable bonds is 5. The molecule has 1 heterocycles. The maximum absolute atomic E-state index is 5.19. The molecule has 0 aliphatic heterocycles. The highest BCUT2D eigenvalue weighted by molar-refractivity contribution is 7.71. The predicted molar refractivity (Wildman–Crippen MR) is 101 cm³/mol. The van der Waals surface area contributed by atoms with Crippen LogP contribution in [0, 0.1) is 4.77 Å². The number of aromatic nitrogens is 3. The molecule has 6 heteroatoms. The molecule has 0 radical (unpaired) electrons. The van der Waals surface area contributed by atoms with Gasteiger partial charge in [-0.2, -0.15) is 14.9 Å². The fourth-order valence-corrected chi connectivity index (χ4v) is 2.58. The first kappa shape index (κ1) is 16.1. The average molecular weight is 337 g/mol. The van der Waals surface area contributed by atoms with Gasteiger partial charge in [-0.15, -0.1) is 0 Å². The molecule has 2 aromatic carbocycles. The van der Waals surface area contributed by atoms with Crippen molar-refractivity contribution in [3.8, 4) is 0 Å². The average Bonchev–Trinajstić information content (AvgIpc) is 3.00. The lowest BCUT2D eigenvalue weighted by molar-refractivity contribution is 0.780. The molecule has 0 spiro atoms. The Bertz CT molecular complexity index is 878. The van der Waals surface area contributed by atoms with E-state index in [1.807, 2.05) is 37.3 Å². The molecule has 0 aliphatic rings.